The predicted molar refractivity (Wildman–Crippen MR) is 48.6 cm³/mol. The summed E-state index contributed by atoms with van der Waals surface area (Å²) in [4.78, 5) is 20.8. The van der Waals surface area contributed by atoms with E-state index in [1.807, 2.05) is 0 Å². The summed E-state index contributed by atoms with van der Waals surface area (Å²) >= 11 is 0. The molecule has 6 nitrogen and oxygen atoms in total. The van der Waals surface area contributed by atoms with E-state index in [9.17, 15) is 9.59 Å². The fraction of sp³-hybridized carbons (Fsp3) is 0. The van der Waals surface area contributed by atoms with Gasteiger partial charge in [-0.1, -0.05) is 5.21 Å². The molecular formula is C8H6N4O2. The second-order valence-electron chi connectivity index (χ2n) is 2.65. The first-order valence-electron chi connectivity index (χ1n) is 3.86. The molecule has 1 heterocycles. The van der Waals surface area contributed by atoms with Crippen molar-refractivity contribution in [3.63, 3.8) is 0 Å². The molecule has 0 spiro atoms. The molecule has 1 aromatic heterocycles. The molecule has 0 saturated heterocycles. The van der Waals surface area contributed by atoms with Gasteiger partial charge >= 0.3 is 0 Å². The van der Waals surface area contributed by atoms with Crippen LogP contribution in [0.2, 0.25) is 0 Å². The fourth-order valence-corrected chi connectivity index (χ4v) is 1.10. The van der Waals surface area contributed by atoms with Crippen molar-refractivity contribution in [2.75, 3.05) is 5.32 Å². The Labute approximate surface area is 78.3 Å². The number of nitrogens with zero attached hydrogens (tertiary/aromatic N) is 2. The number of carbonyl (C=O) groups is 2. The third-order valence-electron chi connectivity index (χ3n) is 1.70. The normalized spacial score (nSPS) is 10.0. The smallest absolute Gasteiger partial charge is 0.288 e. The number of aromatic nitrogens is 3. The highest BCUT2D eigenvalue weighted by Gasteiger charge is 2.02. The first-order chi connectivity index (χ1) is 6.79. The summed E-state index contributed by atoms with van der Waals surface area (Å²) in [6.45, 7) is 0. The topological polar surface area (TPSA) is 87.7 Å². The molecule has 0 aliphatic carbocycles. The summed E-state index contributed by atoms with van der Waals surface area (Å²) in [5.41, 5.74) is 1.93. The second kappa shape index (κ2) is 3.25. The molecule has 2 N–H and O–H groups in total. The number of carbonyl (C=O) groups excluding carboxylic acids is 2. The molecule has 0 atom stereocenters. The van der Waals surface area contributed by atoms with E-state index in [-0.39, 0.29) is 6.29 Å². The van der Waals surface area contributed by atoms with Crippen LogP contribution in [0, 0.1) is 0 Å². The lowest BCUT2D eigenvalue weighted by molar-refractivity contribution is -0.127. The Morgan fingerprint density at radius 2 is 2.36 bits per heavy atom. The van der Waals surface area contributed by atoms with Crippen LogP contribution in [0.25, 0.3) is 11.0 Å². The monoisotopic (exact) mass is 190 g/mol. The average Bonchev–Trinajstić information content (AvgIpc) is 2.64. The van der Waals surface area contributed by atoms with Gasteiger partial charge in [-0.2, -0.15) is 0 Å². The van der Waals surface area contributed by atoms with E-state index >= 15 is 0 Å². The first-order valence-corrected chi connectivity index (χ1v) is 3.86. The highest BCUT2D eigenvalue weighted by molar-refractivity contribution is 6.29. The number of nitrogens with one attached hydrogen (secondary N) is 2. The van der Waals surface area contributed by atoms with Gasteiger partial charge in [0.15, 0.2) is 0 Å². The maximum atomic E-state index is 10.7. The summed E-state index contributed by atoms with van der Waals surface area (Å²) in [6, 6.07) is 4.99. The number of H-pyrrole nitrogens is 1. The number of fused-ring (bicyclic) bond motifs is 1. The van der Waals surface area contributed by atoms with Gasteiger partial charge in [0.1, 0.15) is 5.52 Å². The van der Waals surface area contributed by atoms with Crippen molar-refractivity contribution in [1.82, 2.24) is 15.4 Å². The van der Waals surface area contributed by atoms with Crippen molar-refractivity contribution in [1.29, 1.82) is 0 Å². The van der Waals surface area contributed by atoms with Gasteiger partial charge in [-0.25, -0.2) is 0 Å². The van der Waals surface area contributed by atoms with Crippen molar-refractivity contribution >= 4 is 28.9 Å². The van der Waals surface area contributed by atoms with Crippen molar-refractivity contribution in [3.8, 4) is 0 Å². The van der Waals surface area contributed by atoms with Gasteiger partial charge in [-0.3, -0.25) is 14.7 Å². The number of aldehydes is 1. The van der Waals surface area contributed by atoms with E-state index in [1.54, 1.807) is 18.2 Å². The first kappa shape index (κ1) is 8.36. The largest absolute Gasteiger partial charge is 0.320 e. The zero-order valence-electron chi connectivity index (χ0n) is 7.02. The minimum absolute atomic E-state index is 0.218. The maximum absolute atomic E-state index is 10.7. The van der Waals surface area contributed by atoms with Crippen LogP contribution in [0.15, 0.2) is 18.2 Å². The minimum Gasteiger partial charge on any atom is -0.320 e. The summed E-state index contributed by atoms with van der Waals surface area (Å²) in [5, 5.41) is 12.4. The van der Waals surface area contributed by atoms with Crippen LogP contribution in [-0.2, 0) is 9.59 Å². The Kier molecular flexibility index (Phi) is 1.94. The van der Waals surface area contributed by atoms with Crippen molar-refractivity contribution in [2.24, 2.45) is 0 Å². The summed E-state index contributed by atoms with van der Waals surface area (Å²) in [5.74, 6) is -0.683. The minimum atomic E-state index is -0.683. The molecule has 2 aromatic rings. The van der Waals surface area contributed by atoms with Crippen molar-refractivity contribution < 1.29 is 9.59 Å². The Bertz CT molecular complexity index is 491. The molecule has 1 aromatic carbocycles. The molecule has 70 valence electrons. The maximum Gasteiger partial charge on any atom is 0.288 e. The zero-order chi connectivity index (χ0) is 9.97. The van der Waals surface area contributed by atoms with E-state index in [0.29, 0.717) is 16.7 Å². The van der Waals surface area contributed by atoms with Crippen molar-refractivity contribution in [2.45, 2.75) is 0 Å². The van der Waals surface area contributed by atoms with Crippen LogP contribution in [0.1, 0.15) is 0 Å². The predicted octanol–water partition coefficient (Wildman–Crippen LogP) is 0.0953. The van der Waals surface area contributed by atoms with E-state index in [4.69, 9.17) is 0 Å². The number of benzene rings is 1. The second-order valence-corrected chi connectivity index (χ2v) is 2.65. The molecule has 14 heavy (non-hydrogen) atoms. The Balaban J connectivity index is 2.34. The van der Waals surface area contributed by atoms with Gasteiger partial charge in [-0.15, -0.1) is 5.10 Å². The third kappa shape index (κ3) is 1.45. The number of aromatic amines is 1. The lowest BCUT2D eigenvalue weighted by Gasteiger charge is -1.98. The van der Waals surface area contributed by atoms with Crippen LogP contribution >= 0.6 is 0 Å². The zero-order valence-corrected chi connectivity index (χ0v) is 7.02. The van der Waals surface area contributed by atoms with Crippen LogP contribution < -0.4 is 5.32 Å². The summed E-state index contributed by atoms with van der Waals surface area (Å²) in [6.07, 6.45) is 0.218. The van der Waals surface area contributed by atoms with Crippen LogP contribution in [0.5, 0.6) is 0 Å². The average molecular weight is 190 g/mol. The van der Waals surface area contributed by atoms with Crippen molar-refractivity contribution in [3.05, 3.63) is 18.2 Å². The molecule has 6 heteroatoms. The third-order valence-corrected chi connectivity index (χ3v) is 1.70. The van der Waals surface area contributed by atoms with Gasteiger partial charge in [0, 0.05) is 5.69 Å². The van der Waals surface area contributed by atoms with Gasteiger partial charge in [0.2, 0.25) is 6.29 Å². The summed E-state index contributed by atoms with van der Waals surface area (Å²) in [7, 11) is 0. The van der Waals surface area contributed by atoms with Gasteiger partial charge in [0.05, 0.1) is 5.52 Å². The van der Waals surface area contributed by atoms with E-state index in [2.05, 4.69) is 20.7 Å². The molecule has 0 unspecified atom stereocenters. The van der Waals surface area contributed by atoms with E-state index < -0.39 is 5.91 Å². The number of hydrogen-bond acceptors (Lipinski definition) is 4. The highest BCUT2D eigenvalue weighted by atomic mass is 16.2. The molecule has 0 aliphatic heterocycles. The number of amides is 1. The standard InChI is InChI=1S/C8H6N4O2/c13-4-8(14)9-5-1-2-6-7(3-5)11-12-10-6/h1-4H,(H,9,14)(H,10,11,12). The lowest BCUT2D eigenvalue weighted by Crippen LogP contribution is -2.11. The number of rotatable bonds is 2. The molecular weight excluding hydrogens is 184 g/mol. The van der Waals surface area contributed by atoms with E-state index in [0.717, 1.165) is 0 Å². The SMILES string of the molecule is O=CC(=O)Nc1ccc2nn[nH]c2c1. The summed E-state index contributed by atoms with van der Waals surface area (Å²) < 4.78 is 0. The molecule has 0 radical (unpaired) electrons. The molecule has 0 bridgehead atoms. The van der Waals surface area contributed by atoms with Crippen LogP contribution in [0.4, 0.5) is 5.69 Å². The Morgan fingerprint density at radius 1 is 1.50 bits per heavy atom. The van der Waals surface area contributed by atoms with Gasteiger partial charge in [0.25, 0.3) is 5.91 Å². The lowest BCUT2D eigenvalue weighted by atomic mass is 10.3. The van der Waals surface area contributed by atoms with Crippen LogP contribution in [-0.4, -0.2) is 27.6 Å². The molecule has 1 amide bonds. The van der Waals surface area contributed by atoms with Gasteiger partial charge < -0.3 is 5.32 Å². The Hall–Kier alpha value is -2.24. The van der Waals surface area contributed by atoms with Crippen LogP contribution in [0.3, 0.4) is 0 Å². The quantitative estimate of drug-likeness (QED) is 0.519. The number of anilines is 1. The molecule has 2 rings (SSSR count). The van der Waals surface area contributed by atoms with Gasteiger partial charge in [-0.05, 0) is 18.2 Å². The fourth-order valence-electron chi connectivity index (χ4n) is 1.10. The number of hydrogen-bond donors (Lipinski definition) is 2. The molecule has 0 aliphatic rings. The highest BCUT2D eigenvalue weighted by Crippen LogP contribution is 2.14. The molecule has 0 fully saturated rings. The van der Waals surface area contributed by atoms with E-state index in [1.165, 1.54) is 0 Å². The Morgan fingerprint density at radius 3 is 3.14 bits per heavy atom. The molecule has 0 saturated carbocycles.